The van der Waals surface area contributed by atoms with Gasteiger partial charge in [0.05, 0.1) is 23.2 Å². The normalized spacial score (nSPS) is 19.0. The highest BCUT2D eigenvalue weighted by Gasteiger charge is 2.32. The van der Waals surface area contributed by atoms with Crippen LogP contribution >= 0.6 is 11.8 Å². The van der Waals surface area contributed by atoms with E-state index >= 15 is 0 Å². The smallest absolute Gasteiger partial charge is 0.277 e. The SMILES string of the molecule is CCc1ccc(NC(=O)CSc2nnc([C@@H]3CCS(=O)(=O)C3)o2)cc1. The second kappa shape index (κ2) is 7.57. The summed E-state index contributed by atoms with van der Waals surface area (Å²) in [5, 5.41) is 10.9. The molecule has 0 saturated carbocycles. The molecule has 0 radical (unpaired) electrons. The molecule has 0 spiro atoms. The van der Waals surface area contributed by atoms with Crippen molar-refractivity contribution in [1.82, 2.24) is 10.2 Å². The number of carbonyl (C=O) groups excluding carboxylic acids is 1. The van der Waals surface area contributed by atoms with Crippen LogP contribution in [0, 0.1) is 0 Å². The molecule has 0 aliphatic carbocycles. The quantitative estimate of drug-likeness (QED) is 0.766. The first-order valence-corrected chi connectivity index (χ1v) is 10.8. The molecule has 25 heavy (non-hydrogen) atoms. The summed E-state index contributed by atoms with van der Waals surface area (Å²) in [4.78, 5) is 12.0. The molecule has 7 nitrogen and oxygen atoms in total. The van der Waals surface area contributed by atoms with Gasteiger partial charge in [-0.1, -0.05) is 30.8 Å². The van der Waals surface area contributed by atoms with Crippen molar-refractivity contribution < 1.29 is 17.6 Å². The maximum absolute atomic E-state index is 12.0. The summed E-state index contributed by atoms with van der Waals surface area (Å²) in [5.74, 6) is 0.268. The van der Waals surface area contributed by atoms with Gasteiger partial charge in [0.2, 0.25) is 11.8 Å². The average Bonchev–Trinajstić information content (AvgIpc) is 3.20. The molecule has 1 saturated heterocycles. The Morgan fingerprint density at radius 1 is 1.32 bits per heavy atom. The van der Waals surface area contributed by atoms with Crippen LogP contribution in [-0.4, -0.2) is 41.8 Å². The first-order chi connectivity index (χ1) is 11.9. The monoisotopic (exact) mass is 381 g/mol. The highest BCUT2D eigenvalue weighted by molar-refractivity contribution is 7.99. The number of hydrogen-bond donors (Lipinski definition) is 1. The van der Waals surface area contributed by atoms with Gasteiger partial charge < -0.3 is 9.73 Å². The molecule has 0 unspecified atom stereocenters. The van der Waals surface area contributed by atoms with E-state index in [1.807, 2.05) is 24.3 Å². The second-order valence-electron chi connectivity index (χ2n) is 5.89. The Morgan fingerprint density at radius 3 is 2.72 bits per heavy atom. The van der Waals surface area contributed by atoms with Crippen molar-refractivity contribution in [3.63, 3.8) is 0 Å². The minimum atomic E-state index is -3.00. The first-order valence-electron chi connectivity index (χ1n) is 8.00. The summed E-state index contributed by atoms with van der Waals surface area (Å²) >= 11 is 1.13. The highest BCUT2D eigenvalue weighted by Crippen LogP contribution is 2.29. The fourth-order valence-corrected chi connectivity index (χ4v) is 4.88. The van der Waals surface area contributed by atoms with Crippen LogP contribution in [-0.2, 0) is 21.1 Å². The molecule has 3 rings (SSSR count). The van der Waals surface area contributed by atoms with Gasteiger partial charge in [-0.25, -0.2) is 8.42 Å². The lowest BCUT2D eigenvalue weighted by atomic mass is 10.1. The summed E-state index contributed by atoms with van der Waals surface area (Å²) in [6.07, 6.45) is 1.45. The van der Waals surface area contributed by atoms with Crippen molar-refractivity contribution in [3.05, 3.63) is 35.7 Å². The summed E-state index contributed by atoms with van der Waals surface area (Å²) < 4.78 is 28.5. The Bertz CT molecular complexity index is 847. The Kier molecular flexibility index (Phi) is 5.43. The van der Waals surface area contributed by atoms with Gasteiger partial charge in [-0.05, 0) is 30.5 Å². The van der Waals surface area contributed by atoms with E-state index in [4.69, 9.17) is 4.42 Å². The number of amides is 1. The van der Waals surface area contributed by atoms with Crippen LogP contribution in [0.4, 0.5) is 5.69 Å². The van der Waals surface area contributed by atoms with Crippen molar-refractivity contribution in [3.8, 4) is 0 Å². The predicted octanol–water partition coefficient (Wildman–Crippen LogP) is 2.26. The van der Waals surface area contributed by atoms with Gasteiger partial charge in [0.25, 0.3) is 5.22 Å². The molecule has 1 aliphatic heterocycles. The Hall–Kier alpha value is -1.87. The predicted molar refractivity (Wildman–Crippen MR) is 95.5 cm³/mol. The number of aryl methyl sites for hydroxylation is 1. The second-order valence-corrected chi connectivity index (χ2v) is 9.05. The number of benzene rings is 1. The van der Waals surface area contributed by atoms with Gasteiger partial charge in [-0.15, -0.1) is 10.2 Å². The Morgan fingerprint density at radius 2 is 2.08 bits per heavy atom. The minimum absolute atomic E-state index is 0.0491. The topological polar surface area (TPSA) is 102 Å². The molecule has 1 fully saturated rings. The van der Waals surface area contributed by atoms with Gasteiger partial charge >= 0.3 is 0 Å². The molecule has 0 bridgehead atoms. The van der Waals surface area contributed by atoms with Crippen LogP contribution < -0.4 is 5.32 Å². The molecule has 1 aromatic heterocycles. The highest BCUT2D eigenvalue weighted by atomic mass is 32.2. The zero-order chi connectivity index (χ0) is 17.9. The Balaban J connectivity index is 1.50. The van der Waals surface area contributed by atoms with Crippen LogP contribution in [0.2, 0.25) is 0 Å². The van der Waals surface area contributed by atoms with Gasteiger partial charge in [0.15, 0.2) is 9.84 Å². The molecule has 2 heterocycles. The average molecular weight is 381 g/mol. The summed E-state index contributed by atoms with van der Waals surface area (Å²) in [7, 11) is -3.00. The van der Waals surface area contributed by atoms with Gasteiger partial charge in [-0.2, -0.15) is 0 Å². The first kappa shape index (κ1) is 17.9. The molecule has 134 valence electrons. The van der Waals surface area contributed by atoms with E-state index in [2.05, 4.69) is 22.4 Å². The van der Waals surface area contributed by atoms with E-state index < -0.39 is 9.84 Å². The standard InChI is InChI=1S/C16H19N3O4S2/c1-2-11-3-5-13(6-4-11)17-14(20)9-24-16-19-18-15(23-16)12-7-8-25(21,22)10-12/h3-6,12H,2,7-10H2,1H3,(H,17,20)/t12-/m1/s1. The number of thioether (sulfide) groups is 1. The van der Waals surface area contributed by atoms with Crippen LogP contribution in [0.3, 0.4) is 0 Å². The maximum atomic E-state index is 12.0. The van der Waals surface area contributed by atoms with E-state index in [1.165, 1.54) is 5.56 Å². The van der Waals surface area contributed by atoms with Crippen LogP contribution in [0.25, 0.3) is 0 Å². The van der Waals surface area contributed by atoms with Crippen molar-refractivity contribution in [1.29, 1.82) is 0 Å². The van der Waals surface area contributed by atoms with Crippen molar-refractivity contribution in [2.24, 2.45) is 0 Å². The third kappa shape index (κ3) is 4.82. The van der Waals surface area contributed by atoms with E-state index in [0.29, 0.717) is 12.3 Å². The molecule has 2 aromatic rings. The Labute approximate surface area is 150 Å². The molecule has 1 N–H and O–H groups in total. The van der Waals surface area contributed by atoms with Crippen molar-refractivity contribution in [2.75, 3.05) is 22.6 Å². The van der Waals surface area contributed by atoms with Crippen LogP contribution in [0.1, 0.15) is 30.7 Å². The number of sulfone groups is 1. The lowest BCUT2D eigenvalue weighted by molar-refractivity contribution is -0.113. The fraction of sp³-hybridized carbons (Fsp3) is 0.438. The maximum Gasteiger partial charge on any atom is 0.277 e. The molecule has 1 aromatic carbocycles. The number of hydrogen-bond acceptors (Lipinski definition) is 7. The molecule has 1 amide bonds. The van der Waals surface area contributed by atoms with Gasteiger partial charge in [0.1, 0.15) is 0 Å². The third-order valence-electron chi connectivity index (χ3n) is 3.98. The van der Waals surface area contributed by atoms with Crippen molar-refractivity contribution >= 4 is 33.2 Å². The minimum Gasteiger partial charge on any atom is -0.416 e. The lowest BCUT2D eigenvalue weighted by Gasteiger charge is -2.05. The summed E-state index contributed by atoms with van der Waals surface area (Å²) in [5.41, 5.74) is 1.95. The molecule has 9 heteroatoms. The van der Waals surface area contributed by atoms with E-state index in [0.717, 1.165) is 23.9 Å². The van der Waals surface area contributed by atoms with Crippen LogP contribution in [0.5, 0.6) is 0 Å². The zero-order valence-corrected chi connectivity index (χ0v) is 15.4. The molecular weight excluding hydrogens is 362 g/mol. The van der Waals surface area contributed by atoms with E-state index in [1.54, 1.807) is 0 Å². The number of rotatable bonds is 6. The van der Waals surface area contributed by atoms with Gasteiger partial charge in [-0.3, -0.25) is 4.79 Å². The molecule has 1 aliphatic rings. The summed E-state index contributed by atoms with van der Waals surface area (Å²) in [6.45, 7) is 2.07. The van der Waals surface area contributed by atoms with Crippen LogP contribution in [0.15, 0.2) is 33.9 Å². The van der Waals surface area contributed by atoms with E-state index in [-0.39, 0.29) is 34.3 Å². The summed E-state index contributed by atoms with van der Waals surface area (Å²) in [6, 6.07) is 7.69. The van der Waals surface area contributed by atoms with Crippen molar-refractivity contribution in [2.45, 2.75) is 30.9 Å². The fourth-order valence-electron chi connectivity index (χ4n) is 2.58. The third-order valence-corrected chi connectivity index (χ3v) is 6.56. The number of carbonyl (C=O) groups is 1. The molecular formula is C16H19N3O4S2. The number of aromatic nitrogens is 2. The lowest BCUT2D eigenvalue weighted by Crippen LogP contribution is -2.13. The van der Waals surface area contributed by atoms with E-state index in [9.17, 15) is 13.2 Å². The number of nitrogens with one attached hydrogen (secondary N) is 1. The zero-order valence-electron chi connectivity index (χ0n) is 13.8. The van der Waals surface area contributed by atoms with Gasteiger partial charge in [0, 0.05) is 5.69 Å². The largest absolute Gasteiger partial charge is 0.416 e. The number of nitrogens with zero attached hydrogens (tertiary/aromatic N) is 2. The molecule has 1 atom stereocenters. The number of anilines is 1.